The number of carbonyl (C=O) groups excluding carboxylic acids is 2. The Morgan fingerprint density at radius 1 is 1.37 bits per heavy atom. The van der Waals surface area contributed by atoms with E-state index in [1.54, 1.807) is 25.1 Å². The highest BCUT2D eigenvalue weighted by molar-refractivity contribution is 6.13. The van der Waals surface area contributed by atoms with E-state index < -0.39 is 5.97 Å². The van der Waals surface area contributed by atoms with Gasteiger partial charge in [-0.3, -0.25) is 4.79 Å². The van der Waals surface area contributed by atoms with Gasteiger partial charge in [0.25, 0.3) is 0 Å². The summed E-state index contributed by atoms with van der Waals surface area (Å²) in [6.45, 7) is 3.78. The van der Waals surface area contributed by atoms with Gasteiger partial charge < -0.3 is 9.26 Å². The van der Waals surface area contributed by atoms with Crippen molar-refractivity contribution >= 4 is 11.8 Å². The molecule has 0 aliphatic rings. The number of benzene rings is 1. The Labute approximate surface area is 110 Å². The van der Waals surface area contributed by atoms with Crippen LogP contribution in [0.4, 0.5) is 0 Å². The molecule has 0 atom stereocenters. The molecule has 0 radical (unpaired) electrons. The second-order valence-corrected chi connectivity index (χ2v) is 4.00. The summed E-state index contributed by atoms with van der Waals surface area (Å²) in [5.74, 6) is -0.972. The fraction of sp³-hybridized carbons (Fsp3) is 0.214. The van der Waals surface area contributed by atoms with Gasteiger partial charge in [-0.1, -0.05) is 28.9 Å². The summed E-state index contributed by atoms with van der Waals surface area (Å²) in [7, 11) is 0. The molecule has 0 bridgehead atoms. The number of hydrogen-bond acceptors (Lipinski definition) is 5. The van der Waals surface area contributed by atoms with Crippen molar-refractivity contribution in [1.82, 2.24) is 5.16 Å². The molecule has 0 aliphatic carbocycles. The Hall–Kier alpha value is -2.43. The molecule has 1 aromatic heterocycles. The van der Waals surface area contributed by atoms with Crippen LogP contribution in [-0.2, 0) is 4.74 Å². The molecule has 0 N–H and O–H groups in total. The zero-order valence-corrected chi connectivity index (χ0v) is 10.7. The van der Waals surface area contributed by atoms with Crippen molar-refractivity contribution in [2.24, 2.45) is 0 Å². The smallest absolute Gasteiger partial charge is 0.361 e. The van der Waals surface area contributed by atoms with Gasteiger partial charge in [0.15, 0.2) is 5.78 Å². The van der Waals surface area contributed by atoms with E-state index in [-0.39, 0.29) is 23.6 Å². The number of aryl methyl sites for hydroxylation is 1. The van der Waals surface area contributed by atoms with Gasteiger partial charge in [0.1, 0.15) is 6.26 Å². The summed E-state index contributed by atoms with van der Waals surface area (Å²) < 4.78 is 9.54. The van der Waals surface area contributed by atoms with E-state index in [2.05, 4.69) is 5.16 Å². The molecule has 19 heavy (non-hydrogen) atoms. The SMILES string of the molecule is CCOC(=O)c1nocc1C(=O)c1cccc(C)c1. The molecule has 2 rings (SSSR count). The number of ether oxygens (including phenoxy) is 1. The average molecular weight is 259 g/mol. The first-order valence-electron chi connectivity index (χ1n) is 5.86. The Kier molecular flexibility index (Phi) is 3.75. The lowest BCUT2D eigenvalue weighted by molar-refractivity contribution is 0.0512. The van der Waals surface area contributed by atoms with Crippen LogP contribution >= 0.6 is 0 Å². The van der Waals surface area contributed by atoms with Gasteiger partial charge in [-0.05, 0) is 19.9 Å². The van der Waals surface area contributed by atoms with Gasteiger partial charge >= 0.3 is 5.97 Å². The summed E-state index contributed by atoms with van der Waals surface area (Å²) in [5, 5.41) is 3.53. The van der Waals surface area contributed by atoms with Crippen molar-refractivity contribution < 1.29 is 18.8 Å². The van der Waals surface area contributed by atoms with E-state index in [0.29, 0.717) is 5.56 Å². The third-order valence-electron chi connectivity index (χ3n) is 2.56. The van der Waals surface area contributed by atoms with Crippen molar-refractivity contribution in [3.63, 3.8) is 0 Å². The molecule has 98 valence electrons. The van der Waals surface area contributed by atoms with Crippen LogP contribution in [0.5, 0.6) is 0 Å². The molecule has 0 saturated carbocycles. The van der Waals surface area contributed by atoms with Gasteiger partial charge in [-0.2, -0.15) is 0 Å². The standard InChI is InChI=1S/C14H13NO4/c1-3-18-14(17)12-11(8-19-15-12)13(16)10-6-4-5-9(2)7-10/h4-8H,3H2,1-2H3. The minimum atomic E-state index is -0.660. The second kappa shape index (κ2) is 5.48. The number of esters is 1. The highest BCUT2D eigenvalue weighted by Crippen LogP contribution is 2.15. The summed E-state index contributed by atoms with van der Waals surface area (Å²) in [6.07, 6.45) is 1.16. The lowest BCUT2D eigenvalue weighted by Gasteiger charge is -2.02. The molecule has 0 aliphatic heterocycles. The van der Waals surface area contributed by atoms with Crippen molar-refractivity contribution in [2.45, 2.75) is 13.8 Å². The van der Waals surface area contributed by atoms with Crippen LogP contribution in [0.2, 0.25) is 0 Å². The molecule has 0 spiro atoms. The summed E-state index contributed by atoms with van der Waals surface area (Å²) in [4.78, 5) is 23.9. The van der Waals surface area contributed by atoms with Crippen LogP contribution < -0.4 is 0 Å². The molecular weight excluding hydrogens is 246 g/mol. The third kappa shape index (κ3) is 2.70. The zero-order chi connectivity index (χ0) is 13.8. The maximum Gasteiger partial charge on any atom is 0.361 e. The normalized spacial score (nSPS) is 10.2. The fourth-order valence-corrected chi connectivity index (χ4v) is 1.69. The molecule has 0 fully saturated rings. The Morgan fingerprint density at radius 3 is 2.84 bits per heavy atom. The molecule has 5 nitrogen and oxygen atoms in total. The minimum absolute atomic E-state index is 0.0895. The zero-order valence-electron chi connectivity index (χ0n) is 10.7. The predicted molar refractivity (Wildman–Crippen MR) is 67.1 cm³/mol. The van der Waals surface area contributed by atoms with Crippen LogP contribution in [0.3, 0.4) is 0 Å². The van der Waals surface area contributed by atoms with Crippen molar-refractivity contribution in [3.05, 3.63) is 52.9 Å². The van der Waals surface area contributed by atoms with E-state index in [0.717, 1.165) is 11.8 Å². The van der Waals surface area contributed by atoms with E-state index in [1.807, 2.05) is 13.0 Å². The molecule has 1 heterocycles. The first-order valence-corrected chi connectivity index (χ1v) is 5.86. The van der Waals surface area contributed by atoms with Crippen LogP contribution in [0.1, 0.15) is 38.9 Å². The third-order valence-corrected chi connectivity index (χ3v) is 2.56. The topological polar surface area (TPSA) is 69.4 Å². The Balaban J connectivity index is 2.35. The highest BCUT2D eigenvalue weighted by Gasteiger charge is 2.23. The van der Waals surface area contributed by atoms with Gasteiger partial charge in [-0.25, -0.2) is 4.79 Å². The van der Waals surface area contributed by atoms with Gasteiger partial charge in [0.05, 0.1) is 12.2 Å². The van der Waals surface area contributed by atoms with Crippen LogP contribution in [0.25, 0.3) is 0 Å². The second-order valence-electron chi connectivity index (χ2n) is 4.00. The molecule has 0 unspecified atom stereocenters. The molecule has 5 heteroatoms. The number of rotatable bonds is 4. The summed E-state index contributed by atoms with van der Waals surface area (Å²) in [5.41, 5.74) is 1.46. The maximum absolute atomic E-state index is 12.3. The highest BCUT2D eigenvalue weighted by atomic mass is 16.5. The molecular formula is C14H13NO4. The lowest BCUT2D eigenvalue weighted by atomic mass is 10.0. The summed E-state index contributed by atoms with van der Waals surface area (Å²) in [6, 6.07) is 7.08. The largest absolute Gasteiger partial charge is 0.461 e. The number of nitrogens with zero attached hydrogens (tertiary/aromatic N) is 1. The van der Waals surface area contributed by atoms with Crippen molar-refractivity contribution in [1.29, 1.82) is 0 Å². The first-order chi connectivity index (χ1) is 9.13. The molecule has 2 aromatic rings. The van der Waals surface area contributed by atoms with E-state index in [1.165, 1.54) is 0 Å². The predicted octanol–water partition coefficient (Wildman–Crippen LogP) is 2.39. The number of ketones is 1. The first kappa shape index (κ1) is 13.0. The Morgan fingerprint density at radius 2 is 2.16 bits per heavy atom. The monoisotopic (exact) mass is 259 g/mol. The maximum atomic E-state index is 12.3. The van der Waals surface area contributed by atoms with Crippen LogP contribution in [0.15, 0.2) is 35.1 Å². The van der Waals surface area contributed by atoms with E-state index in [4.69, 9.17) is 9.26 Å². The van der Waals surface area contributed by atoms with Gasteiger partial charge in [0.2, 0.25) is 5.69 Å². The molecule has 1 aromatic carbocycles. The van der Waals surface area contributed by atoms with Gasteiger partial charge in [0, 0.05) is 5.56 Å². The Bertz CT molecular complexity index is 615. The van der Waals surface area contributed by atoms with E-state index in [9.17, 15) is 9.59 Å². The minimum Gasteiger partial charge on any atom is -0.461 e. The average Bonchev–Trinajstić information content (AvgIpc) is 2.87. The van der Waals surface area contributed by atoms with Gasteiger partial charge in [-0.15, -0.1) is 0 Å². The lowest BCUT2D eigenvalue weighted by Crippen LogP contribution is -2.11. The quantitative estimate of drug-likeness (QED) is 0.622. The number of carbonyl (C=O) groups is 2. The number of hydrogen-bond donors (Lipinski definition) is 0. The van der Waals surface area contributed by atoms with Crippen molar-refractivity contribution in [2.75, 3.05) is 6.61 Å². The van der Waals surface area contributed by atoms with Crippen LogP contribution in [0, 0.1) is 6.92 Å². The fourth-order valence-electron chi connectivity index (χ4n) is 1.69. The summed E-state index contributed by atoms with van der Waals surface area (Å²) >= 11 is 0. The molecule has 0 saturated heterocycles. The molecule has 0 amide bonds. The van der Waals surface area contributed by atoms with Crippen LogP contribution in [-0.4, -0.2) is 23.5 Å². The van der Waals surface area contributed by atoms with E-state index >= 15 is 0 Å². The number of aromatic nitrogens is 1. The van der Waals surface area contributed by atoms with Crippen molar-refractivity contribution in [3.8, 4) is 0 Å².